The SMILES string of the molecule is CC(c1ccccc1[Si](Cl)Cl)C(F)(F)C(F)(F)C(F)(F)C(F)(F)F. The molecule has 1 atom stereocenters. The molecule has 0 saturated carbocycles. The van der Waals surface area contributed by atoms with Gasteiger partial charge in [-0.05, 0) is 10.8 Å². The van der Waals surface area contributed by atoms with Crippen LogP contribution in [0.15, 0.2) is 24.3 Å². The normalized spacial score (nSPS) is 15.7. The quantitative estimate of drug-likeness (QED) is 0.337. The first kappa shape index (κ1) is 21.4. The van der Waals surface area contributed by atoms with Crippen molar-refractivity contribution in [2.24, 2.45) is 0 Å². The highest BCUT2D eigenvalue weighted by Gasteiger charge is 2.82. The molecule has 1 rings (SSSR count). The lowest BCUT2D eigenvalue weighted by Gasteiger charge is -2.37. The molecule has 24 heavy (non-hydrogen) atoms. The zero-order valence-corrected chi connectivity index (χ0v) is 14.1. The van der Waals surface area contributed by atoms with Gasteiger partial charge in [-0.25, -0.2) is 0 Å². The Balaban J connectivity index is 3.44. The second-order valence-corrected chi connectivity index (χ2v) is 8.75. The van der Waals surface area contributed by atoms with Crippen molar-refractivity contribution in [3.05, 3.63) is 29.8 Å². The number of hydrogen-bond donors (Lipinski definition) is 0. The minimum Gasteiger partial charge on any atom is -0.199 e. The van der Waals surface area contributed by atoms with Crippen LogP contribution in [0.5, 0.6) is 0 Å². The van der Waals surface area contributed by atoms with E-state index >= 15 is 0 Å². The van der Waals surface area contributed by atoms with Crippen molar-refractivity contribution in [3.8, 4) is 0 Å². The molecular formula is C12H8Cl2F9Si. The van der Waals surface area contributed by atoms with Gasteiger partial charge in [-0.15, -0.1) is 22.2 Å². The van der Waals surface area contributed by atoms with E-state index in [4.69, 9.17) is 22.2 Å². The standard InChI is InChI=1S/C12H8Cl2F9Si/c1-6(7-4-2-3-5-8(7)24(13)14)9(15,16)10(17,18)11(19,20)12(21,22)23/h2-6H,1H3. The molecule has 1 aromatic carbocycles. The minimum absolute atomic E-state index is 0.205. The first-order valence-corrected chi connectivity index (χ1v) is 9.58. The third-order valence-corrected chi connectivity index (χ3v) is 5.43. The van der Waals surface area contributed by atoms with Gasteiger partial charge in [-0.3, -0.25) is 0 Å². The van der Waals surface area contributed by atoms with E-state index < -0.39 is 42.8 Å². The molecular weight excluding hydrogens is 414 g/mol. The summed E-state index contributed by atoms with van der Waals surface area (Å²) in [5.74, 6) is -22.0. The highest BCUT2D eigenvalue weighted by atomic mass is 35.7. The minimum atomic E-state index is -6.93. The Morgan fingerprint density at radius 1 is 0.833 bits per heavy atom. The molecule has 12 heteroatoms. The van der Waals surface area contributed by atoms with Crippen LogP contribution in [0.2, 0.25) is 0 Å². The molecule has 0 aliphatic rings. The molecule has 0 saturated heterocycles. The van der Waals surface area contributed by atoms with Crippen molar-refractivity contribution in [2.45, 2.75) is 36.8 Å². The van der Waals surface area contributed by atoms with Gasteiger partial charge in [0.2, 0.25) is 0 Å². The van der Waals surface area contributed by atoms with Crippen molar-refractivity contribution in [1.29, 1.82) is 0 Å². The Bertz CT molecular complexity index is 586. The molecule has 0 heterocycles. The fourth-order valence-electron chi connectivity index (χ4n) is 1.90. The van der Waals surface area contributed by atoms with E-state index in [1.165, 1.54) is 6.07 Å². The number of halogens is 11. The van der Waals surface area contributed by atoms with Crippen LogP contribution in [0.25, 0.3) is 0 Å². The van der Waals surface area contributed by atoms with Crippen LogP contribution >= 0.6 is 22.2 Å². The van der Waals surface area contributed by atoms with Gasteiger partial charge in [0.05, 0.1) is 5.92 Å². The van der Waals surface area contributed by atoms with E-state index in [2.05, 4.69) is 0 Å². The largest absolute Gasteiger partial charge is 0.460 e. The van der Waals surface area contributed by atoms with Crippen LogP contribution in [-0.4, -0.2) is 31.4 Å². The molecule has 1 unspecified atom stereocenters. The highest BCUT2D eigenvalue weighted by Crippen LogP contribution is 2.56. The third-order valence-electron chi connectivity index (χ3n) is 3.34. The summed E-state index contributed by atoms with van der Waals surface area (Å²) in [4.78, 5) is 0. The van der Waals surface area contributed by atoms with Crippen LogP contribution in [0.3, 0.4) is 0 Å². The number of alkyl halides is 9. The Morgan fingerprint density at radius 3 is 1.71 bits per heavy atom. The van der Waals surface area contributed by atoms with Gasteiger partial charge in [0.15, 0.2) is 0 Å². The molecule has 1 radical (unpaired) electrons. The molecule has 0 aromatic heterocycles. The monoisotopic (exact) mass is 421 g/mol. The Morgan fingerprint density at radius 2 is 1.29 bits per heavy atom. The van der Waals surface area contributed by atoms with Crippen molar-refractivity contribution in [3.63, 3.8) is 0 Å². The first-order chi connectivity index (χ1) is 10.6. The topological polar surface area (TPSA) is 0 Å². The molecule has 0 aliphatic carbocycles. The summed E-state index contributed by atoms with van der Waals surface area (Å²) < 4.78 is 117. The molecule has 0 amide bonds. The van der Waals surface area contributed by atoms with E-state index in [0.717, 1.165) is 18.2 Å². The third kappa shape index (κ3) is 3.37. The predicted octanol–water partition coefficient (Wildman–Crippen LogP) is 5.43. The molecule has 0 nitrogen and oxygen atoms in total. The fourth-order valence-corrected chi connectivity index (χ4v) is 3.67. The van der Waals surface area contributed by atoms with Crippen molar-refractivity contribution in [2.75, 3.05) is 0 Å². The maximum absolute atomic E-state index is 13.9. The summed E-state index contributed by atoms with van der Waals surface area (Å²) in [6.07, 6.45) is -6.85. The molecule has 1 aromatic rings. The summed E-state index contributed by atoms with van der Waals surface area (Å²) in [6.45, 7) is 0.401. The second kappa shape index (κ2) is 6.60. The predicted molar refractivity (Wildman–Crippen MR) is 72.8 cm³/mol. The van der Waals surface area contributed by atoms with Crippen LogP contribution in [0.4, 0.5) is 39.5 Å². The summed E-state index contributed by atoms with van der Waals surface area (Å²) in [6, 6.07) is 4.37. The van der Waals surface area contributed by atoms with E-state index in [-0.39, 0.29) is 5.19 Å². The summed E-state index contributed by atoms with van der Waals surface area (Å²) in [5.41, 5.74) is -0.626. The molecule has 0 spiro atoms. The molecule has 137 valence electrons. The number of hydrogen-bond acceptors (Lipinski definition) is 0. The molecule has 0 N–H and O–H groups in total. The van der Waals surface area contributed by atoms with Crippen LogP contribution in [0.1, 0.15) is 18.4 Å². The van der Waals surface area contributed by atoms with E-state index in [1.54, 1.807) is 0 Å². The number of benzene rings is 1. The van der Waals surface area contributed by atoms with Gasteiger partial charge in [-0.1, -0.05) is 31.2 Å². The van der Waals surface area contributed by atoms with Crippen molar-refractivity contribution < 1.29 is 39.5 Å². The number of rotatable bonds is 5. The Labute approximate surface area is 141 Å². The molecule has 0 bridgehead atoms. The van der Waals surface area contributed by atoms with Crippen molar-refractivity contribution in [1.82, 2.24) is 0 Å². The van der Waals surface area contributed by atoms with Gasteiger partial charge in [-0.2, -0.15) is 39.5 Å². The summed E-state index contributed by atoms with van der Waals surface area (Å²) >= 11 is 11.2. The van der Waals surface area contributed by atoms with Crippen molar-refractivity contribution >= 4 is 34.8 Å². The smallest absolute Gasteiger partial charge is 0.199 e. The van der Waals surface area contributed by atoms with Crippen LogP contribution in [0, 0.1) is 0 Å². The van der Waals surface area contributed by atoms with Gasteiger partial charge in [0.1, 0.15) is 0 Å². The second-order valence-electron chi connectivity index (χ2n) is 4.84. The Kier molecular flexibility index (Phi) is 5.89. The van der Waals surface area contributed by atoms with E-state index in [0.29, 0.717) is 6.92 Å². The van der Waals surface area contributed by atoms with Gasteiger partial charge in [0, 0.05) is 0 Å². The highest BCUT2D eigenvalue weighted by molar-refractivity contribution is 7.39. The van der Waals surface area contributed by atoms with E-state index in [1.807, 2.05) is 0 Å². The van der Waals surface area contributed by atoms with Gasteiger partial charge >= 0.3 is 31.4 Å². The average Bonchev–Trinajstić information content (AvgIpc) is 2.44. The van der Waals surface area contributed by atoms with Crippen LogP contribution < -0.4 is 5.19 Å². The lowest BCUT2D eigenvalue weighted by atomic mass is 9.87. The van der Waals surface area contributed by atoms with E-state index in [9.17, 15) is 39.5 Å². The van der Waals surface area contributed by atoms with Gasteiger partial charge in [0.25, 0.3) is 0 Å². The maximum Gasteiger partial charge on any atom is 0.460 e. The van der Waals surface area contributed by atoms with Crippen LogP contribution in [-0.2, 0) is 0 Å². The average molecular weight is 422 g/mol. The lowest BCUT2D eigenvalue weighted by molar-refractivity contribution is -0.398. The Hall–Kier alpha value is -0.613. The maximum atomic E-state index is 13.9. The summed E-state index contributed by atoms with van der Waals surface area (Å²) in [5, 5.41) is -0.205. The zero-order valence-electron chi connectivity index (χ0n) is 11.5. The zero-order chi connectivity index (χ0) is 19.1. The van der Waals surface area contributed by atoms with Gasteiger partial charge < -0.3 is 0 Å². The first-order valence-electron chi connectivity index (χ1n) is 6.06. The molecule has 0 aliphatic heterocycles. The lowest BCUT2D eigenvalue weighted by Crippen LogP contribution is -2.62. The summed E-state index contributed by atoms with van der Waals surface area (Å²) in [7, 11) is -2.50. The molecule has 0 fully saturated rings. The fraction of sp³-hybridized carbons (Fsp3) is 0.500.